The van der Waals surface area contributed by atoms with Gasteiger partial charge in [-0.15, -0.1) is 0 Å². The highest BCUT2D eigenvalue weighted by atomic mass is 32.2. The first-order valence-electron chi connectivity index (χ1n) is 10.9. The first-order valence-corrected chi connectivity index (χ1v) is 12.5. The number of benzene rings is 2. The monoisotopic (exact) mass is 502 g/mol. The second-order valence-corrected chi connectivity index (χ2v) is 10.3. The number of ether oxygens (including phenoxy) is 1. The Hall–Kier alpha value is -3.73. The Balaban J connectivity index is 1.97. The molecule has 0 saturated heterocycles. The van der Waals surface area contributed by atoms with E-state index in [-0.39, 0.29) is 40.1 Å². The van der Waals surface area contributed by atoms with Crippen molar-refractivity contribution >= 4 is 26.6 Å². The number of hydrogen-bond donors (Lipinski definition) is 1. The van der Waals surface area contributed by atoms with E-state index in [9.17, 15) is 22.0 Å². The van der Waals surface area contributed by atoms with Crippen LogP contribution < -0.4 is 15.0 Å². The van der Waals surface area contributed by atoms with Crippen molar-refractivity contribution in [1.29, 1.82) is 0 Å². The standard InChI is InChI=1S/C24H24F2N4O4S/c1-5-35(32,33)28-16-7-9-21(34-22-8-6-15(25)10-20(22)26)17(11-16)18-12-29(4)24(31)23-19(18)13-30(27-23)14(2)3/h6-14,28H,5H2,1-4H3. The predicted octanol–water partition coefficient (Wildman–Crippen LogP) is 4.82. The van der Waals surface area contributed by atoms with Crippen LogP contribution in [0.2, 0.25) is 0 Å². The number of hydrogen-bond acceptors (Lipinski definition) is 5. The summed E-state index contributed by atoms with van der Waals surface area (Å²) in [6.07, 6.45) is 3.31. The molecule has 0 aliphatic carbocycles. The van der Waals surface area contributed by atoms with Crippen molar-refractivity contribution in [2.24, 2.45) is 7.05 Å². The maximum absolute atomic E-state index is 14.4. The molecule has 0 atom stereocenters. The lowest BCUT2D eigenvalue weighted by Gasteiger charge is -2.16. The van der Waals surface area contributed by atoms with Crippen LogP contribution in [0, 0.1) is 11.6 Å². The highest BCUT2D eigenvalue weighted by molar-refractivity contribution is 7.92. The van der Waals surface area contributed by atoms with Crippen LogP contribution in [0.3, 0.4) is 0 Å². The number of halogens is 2. The lowest BCUT2D eigenvalue weighted by molar-refractivity contribution is 0.439. The van der Waals surface area contributed by atoms with E-state index in [0.29, 0.717) is 22.6 Å². The Kier molecular flexibility index (Phi) is 6.37. The Bertz CT molecular complexity index is 1590. The van der Waals surface area contributed by atoms with E-state index in [1.807, 2.05) is 13.8 Å². The second-order valence-electron chi connectivity index (χ2n) is 8.32. The van der Waals surface area contributed by atoms with E-state index >= 15 is 0 Å². The molecule has 0 amide bonds. The molecule has 8 nitrogen and oxygen atoms in total. The molecule has 35 heavy (non-hydrogen) atoms. The molecule has 0 bridgehead atoms. The van der Waals surface area contributed by atoms with Crippen molar-refractivity contribution in [2.45, 2.75) is 26.8 Å². The van der Waals surface area contributed by atoms with Crippen molar-refractivity contribution in [3.8, 4) is 22.6 Å². The van der Waals surface area contributed by atoms with Crippen LogP contribution in [-0.2, 0) is 17.1 Å². The molecule has 0 radical (unpaired) electrons. The number of nitrogens with zero attached hydrogens (tertiary/aromatic N) is 3. The number of aryl methyl sites for hydroxylation is 1. The summed E-state index contributed by atoms with van der Waals surface area (Å²) in [5.74, 6) is -1.82. The maximum atomic E-state index is 14.4. The molecule has 2 heterocycles. The normalized spacial score (nSPS) is 11.9. The minimum Gasteiger partial charge on any atom is -0.454 e. The van der Waals surface area contributed by atoms with E-state index in [1.165, 1.54) is 29.7 Å². The first-order chi connectivity index (χ1) is 16.5. The SMILES string of the molecule is CCS(=O)(=O)Nc1ccc(Oc2ccc(F)cc2F)c(-c2cn(C)c(=O)c3nn(C(C)C)cc23)c1. The van der Waals surface area contributed by atoms with Crippen LogP contribution in [0.25, 0.3) is 22.0 Å². The minimum absolute atomic E-state index is 0.0216. The molecular formula is C24H24F2N4O4S. The van der Waals surface area contributed by atoms with E-state index in [2.05, 4.69) is 9.82 Å². The zero-order chi connectivity index (χ0) is 25.5. The zero-order valence-corrected chi connectivity index (χ0v) is 20.4. The third-order valence-electron chi connectivity index (χ3n) is 5.43. The van der Waals surface area contributed by atoms with Crippen LogP contribution in [0.4, 0.5) is 14.5 Å². The van der Waals surface area contributed by atoms with Gasteiger partial charge in [0.2, 0.25) is 10.0 Å². The van der Waals surface area contributed by atoms with Gasteiger partial charge in [0.15, 0.2) is 17.1 Å². The summed E-state index contributed by atoms with van der Waals surface area (Å²) in [4.78, 5) is 12.8. The molecule has 2 aromatic carbocycles. The molecule has 0 spiro atoms. The molecule has 0 aliphatic rings. The molecule has 4 rings (SSSR count). The quantitative estimate of drug-likeness (QED) is 0.391. The molecule has 184 valence electrons. The van der Waals surface area contributed by atoms with Gasteiger partial charge in [0.05, 0.1) is 5.75 Å². The summed E-state index contributed by atoms with van der Waals surface area (Å²) in [7, 11) is -2.01. The summed E-state index contributed by atoms with van der Waals surface area (Å²) in [6.45, 7) is 5.35. The van der Waals surface area contributed by atoms with Crippen LogP contribution in [0.15, 0.2) is 53.6 Å². The Labute approximate surface area is 200 Å². The number of nitrogens with one attached hydrogen (secondary N) is 1. The Morgan fingerprint density at radius 2 is 1.77 bits per heavy atom. The average molecular weight is 503 g/mol. The van der Waals surface area contributed by atoms with E-state index in [4.69, 9.17) is 4.74 Å². The smallest absolute Gasteiger partial charge is 0.278 e. The summed E-state index contributed by atoms with van der Waals surface area (Å²) in [5, 5.41) is 4.94. The van der Waals surface area contributed by atoms with Gasteiger partial charge in [0.25, 0.3) is 5.56 Å². The summed E-state index contributed by atoms with van der Waals surface area (Å²) >= 11 is 0. The second kappa shape index (κ2) is 9.14. The molecule has 0 saturated carbocycles. The predicted molar refractivity (Wildman–Crippen MR) is 130 cm³/mol. The third kappa shape index (κ3) is 4.90. The van der Waals surface area contributed by atoms with Crippen LogP contribution in [-0.4, -0.2) is 28.5 Å². The lowest BCUT2D eigenvalue weighted by atomic mass is 10.0. The van der Waals surface area contributed by atoms with Crippen molar-refractivity contribution in [1.82, 2.24) is 14.3 Å². The van der Waals surface area contributed by atoms with Gasteiger partial charge in [-0.05, 0) is 51.1 Å². The zero-order valence-electron chi connectivity index (χ0n) is 19.5. The number of sulfonamides is 1. The Morgan fingerprint density at radius 1 is 1.06 bits per heavy atom. The van der Waals surface area contributed by atoms with Crippen LogP contribution in [0.5, 0.6) is 11.5 Å². The topological polar surface area (TPSA) is 95.2 Å². The van der Waals surface area contributed by atoms with Crippen molar-refractivity contribution in [3.63, 3.8) is 0 Å². The molecular weight excluding hydrogens is 478 g/mol. The van der Waals surface area contributed by atoms with E-state index < -0.39 is 21.7 Å². The summed E-state index contributed by atoms with van der Waals surface area (Å²) in [6, 6.07) is 7.41. The average Bonchev–Trinajstić information content (AvgIpc) is 3.25. The van der Waals surface area contributed by atoms with E-state index in [0.717, 1.165) is 12.1 Å². The number of pyridine rings is 1. The number of anilines is 1. The van der Waals surface area contributed by atoms with Gasteiger partial charge >= 0.3 is 0 Å². The number of rotatable bonds is 7. The lowest BCUT2D eigenvalue weighted by Crippen LogP contribution is -2.17. The van der Waals surface area contributed by atoms with Crippen molar-refractivity contribution < 1.29 is 21.9 Å². The molecule has 0 unspecified atom stereocenters. The van der Waals surface area contributed by atoms with Gasteiger partial charge in [-0.1, -0.05) is 0 Å². The van der Waals surface area contributed by atoms with Gasteiger partial charge < -0.3 is 9.30 Å². The number of aromatic nitrogens is 3. The molecule has 0 aliphatic heterocycles. The van der Waals surface area contributed by atoms with Gasteiger partial charge in [-0.3, -0.25) is 14.2 Å². The fraction of sp³-hybridized carbons (Fsp3) is 0.250. The minimum atomic E-state index is -3.58. The van der Waals surface area contributed by atoms with Gasteiger partial charge in [-0.2, -0.15) is 5.10 Å². The first kappa shape index (κ1) is 24.4. The highest BCUT2D eigenvalue weighted by Crippen LogP contribution is 2.39. The Morgan fingerprint density at radius 3 is 2.43 bits per heavy atom. The fourth-order valence-electron chi connectivity index (χ4n) is 3.54. The van der Waals surface area contributed by atoms with Gasteiger partial charge in [0, 0.05) is 53.8 Å². The van der Waals surface area contributed by atoms with Crippen LogP contribution >= 0.6 is 0 Å². The maximum Gasteiger partial charge on any atom is 0.278 e. The van der Waals surface area contributed by atoms with Gasteiger partial charge in [0.1, 0.15) is 11.6 Å². The molecule has 2 aromatic heterocycles. The van der Waals surface area contributed by atoms with Crippen LogP contribution in [0.1, 0.15) is 26.8 Å². The van der Waals surface area contributed by atoms with Crippen molar-refractivity contribution in [3.05, 3.63) is 70.8 Å². The third-order valence-corrected chi connectivity index (χ3v) is 6.74. The number of fused-ring (bicyclic) bond motifs is 1. The molecule has 1 N–H and O–H groups in total. The molecule has 0 fully saturated rings. The molecule has 4 aromatic rings. The van der Waals surface area contributed by atoms with Gasteiger partial charge in [-0.25, -0.2) is 17.2 Å². The van der Waals surface area contributed by atoms with Crippen molar-refractivity contribution in [2.75, 3.05) is 10.5 Å². The fourth-order valence-corrected chi connectivity index (χ4v) is 4.17. The largest absolute Gasteiger partial charge is 0.454 e. The highest BCUT2D eigenvalue weighted by Gasteiger charge is 2.20. The summed E-state index contributed by atoms with van der Waals surface area (Å²) < 4.78 is 63.4. The molecule has 11 heteroatoms. The summed E-state index contributed by atoms with van der Waals surface area (Å²) in [5.41, 5.74) is 1.07. The van der Waals surface area contributed by atoms with E-state index in [1.54, 1.807) is 24.1 Å².